The summed E-state index contributed by atoms with van der Waals surface area (Å²) in [5.74, 6) is 0.287. The number of nitrogen functional groups attached to an aromatic ring is 1. The number of nitrogens with zero attached hydrogens (tertiary/aromatic N) is 6. The molecule has 8 rings (SSSR count). The lowest BCUT2D eigenvalue weighted by Crippen LogP contribution is -2.52. The fraction of sp³-hybridized carbons (Fsp3) is 0.531. The molecule has 3 amide bonds. The maximum atomic E-state index is 14.1. The summed E-state index contributed by atoms with van der Waals surface area (Å²) in [7, 11) is 0. The van der Waals surface area contributed by atoms with Crippen LogP contribution >= 0.6 is 0 Å². The number of anilines is 2. The maximum Gasteiger partial charge on any atom is 0.408 e. The number of nitriles is 1. The Kier molecular flexibility index (Phi) is 12.2. The summed E-state index contributed by atoms with van der Waals surface area (Å²) in [6, 6.07) is 11.1. The highest BCUT2D eigenvalue weighted by Crippen LogP contribution is 2.53. The number of H-pyrrole nitrogens is 1. The Morgan fingerprint density at radius 1 is 1.06 bits per heavy atom. The van der Waals surface area contributed by atoms with Gasteiger partial charge in [0.25, 0.3) is 0 Å². The summed E-state index contributed by atoms with van der Waals surface area (Å²) >= 11 is 0. The number of rotatable bonds is 13. The Bertz CT molecular complexity index is 2500. The van der Waals surface area contributed by atoms with E-state index in [0.717, 1.165) is 77.7 Å². The lowest BCUT2D eigenvalue weighted by molar-refractivity contribution is -0.131. The van der Waals surface area contributed by atoms with E-state index in [-0.39, 0.29) is 29.1 Å². The molecule has 64 heavy (non-hydrogen) atoms. The van der Waals surface area contributed by atoms with E-state index in [0.29, 0.717) is 81.0 Å². The van der Waals surface area contributed by atoms with Gasteiger partial charge in [-0.25, -0.2) is 9.78 Å². The van der Waals surface area contributed by atoms with E-state index in [2.05, 4.69) is 74.4 Å². The third-order valence-corrected chi connectivity index (χ3v) is 13.8. The van der Waals surface area contributed by atoms with E-state index in [4.69, 9.17) is 10.5 Å². The van der Waals surface area contributed by atoms with Crippen molar-refractivity contribution in [1.82, 2.24) is 35.4 Å². The Morgan fingerprint density at radius 3 is 2.50 bits per heavy atom. The molecule has 0 radical (unpaired) electrons. The van der Waals surface area contributed by atoms with Crippen LogP contribution in [0.5, 0.6) is 0 Å². The molecular weight excluding hydrogens is 809 g/mol. The molecular formula is C49H62N10O5. The number of ether oxygens (including phenoxy) is 1. The first-order valence-electron chi connectivity index (χ1n) is 22.9. The third-order valence-electron chi connectivity index (χ3n) is 13.8. The predicted molar refractivity (Wildman–Crippen MR) is 245 cm³/mol. The number of benzene rings is 2. The minimum absolute atomic E-state index is 0.00725. The molecule has 2 aliphatic carbocycles. The zero-order valence-electron chi connectivity index (χ0n) is 38.1. The molecule has 1 spiro atoms. The molecule has 0 bridgehead atoms. The topological polar surface area (TPSA) is 203 Å². The molecule has 4 heterocycles. The lowest BCUT2D eigenvalue weighted by Gasteiger charge is -2.39. The van der Waals surface area contributed by atoms with Crippen LogP contribution in [0, 0.1) is 16.7 Å². The average molecular weight is 871 g/mol. The highest BCUT2D eigenvalue weighted by Gasteiger charge is 2.55. The smallest absolute Gasteiger partial charge is 0.408 e. The number of nitrogens with one attached hydrogen (secondary N) is 3. The van der Waals surface area contributed by atoms with Crippen molar-refractivity contribution in [3.05, 3.63) is 81.9 Å². The molecule has 4 aliphatic rings. The fourth-order valence-electron chi connectivity index (χ4n) is 10.1. The number of carbonyl (C=O) groups excluding carboxylic acids is 4. The van der Waals surface area contributed by atoms with Gasteiger partial charge in [-0.05, 0) is 108 Å². The van der Waals surface area contributed by atoms with Crippen LogP contribution in [-0.4, -0.2) is 112 Å². The Balaban J connectivity index is 0.844. The van der Waals surface area contributed by atoms with E-state index in [1.54, 1.807) is 39.2 Å². The van der Waals surface area contributed by atoms with Crippen molar-refractivity contribution in [1.29, 1.82) is 5.26 Å². The van der Waals surface area contributed by atoms with Crippen LogP contribution < -0.4 is 21.3 Å². The van der Waals surface area contributed by atoms with Crippen LogP contribution in [0.25, 0.3) is 10.9 Å². The van der Waals surface area contributed by atoms with Gasteiger partial charge in [0.2, 0.25) is 11.8 Å². The van der Waals surface area contributed by atoms with Gasteiger partial charge in [-0.15, -0.1) is 0 Å². The van der Waals surface area contributed by atoms with Crippen LogP contribution in [0.4, 0.5) is 16.3 Å². The first-order chi connectivity index (χ1) is 30.5. The number of alkyl carbamates (subject to hydrolysis) is 1. The minimum Gasteiger partial charge on any atom is -0.444 e. The van der Waals surface area contributed by atoms with E-state index in [9.17, 15) is 24.4 Å². The summed E-state index contributed by atoms with van der Waals surface area (Å²) in [6.45, 7) is 16.8. The number of piperazine rings is 1. The number of aromatic nitrogens is 3. The molecule has 4 aromatic rings. The second kappa shape index (κ2) is 17.5. The molecule has 338 valence electrons. The first-order valence-corrected chi connectivity index (χ1v) is 22.9. The van der Waals surface area contributed by atoms with E-state index in [1.165, 1.54) is 0 Å². The number of hydrogen-bond acceptors (Lipinski definition) is 11. The number of hydrogen-bond donors (Lipinski definition) is 4. The number of likely N-dealkylation sites (tertiary alicyclic amines) is 1. The average Bonchev–Trinajstić information content (AvgIpc) is 3.81. The molecule has 1 saturated carbocycles. The van der Waals surface area contributed by atoms with Crippen LogP contribution in [0.1, 0.15) is 124 Å². The zero-order chi connectivity index (χ0) is 45.6. The Morgan fingerprint density at radius 2 is 1.81 bits per heavy atom. The standard InChI is InChI=1S/C49H62N10O5/c1-7-31-25-33-34(48(5,6)43-41(42(33)61)32-14-13-30(27-50)24-37(32)54-43)26-38(31)58-20-22-59(23-21-58)40(60)12-9-19-57-28-39(49(29-57)15-16-49)56-45(62)36(55-46(63)64-47(2,3)4)11-8-10-35-44(51)53-18-17-52-35/h13-14,17-18,24-26,36,39,54H,7-12,15-16,19-23,28-29H2,1-6H3,(H2,51,53)(H,55,63)(H,56,62)/t36-,39-/m0/s1. The second-order valence-electron chi connectivity index (χ2n) is 19.7. The van der Waals surface area contributed by atoms with E-state index in [1.807, 2.05) is 17.0 Å². The van der Waals surface area contributed by atoms with Gasteiger partial charge in [0.05, 0.1) is 22.9 Å². The molecule has 5 N–H and O–H groups in total. The van der Waals surface area contributed by atoms with Crippen molar-refractivity contribution in [3.8, 4) is 6.07 Å². The number of aromatic amines is 1. The molecule has 3 fully saturated rings. The van der Waals surface area contributed by atoms with Gasteiger partial charge in [-0.3, -0.25) is 19.4 Å². The first kappa shape index (κ1) is 44.6. The summed E-state index contributed by atoms with van der Waals surface area (Å²) in [4.78, 5) is 73.0. The number of fused-ring (bicyclic) bond motifs is 4. The van der Waals surface area contributed by atoms with Crippen molar-refractivity contribution in [2.45, 2.75) is 116 Å². The van der Waals surface area contributed by atoms with Crippen molar-refractivity contribution >= 4 is 46.1 Å². The molecule has 0 unspecified atom stereocenters. The maximum absolute atomic E-state index is 14.1. The van der Waals surface area contributed by atoms with Crippen LogP contribution in [0.2, 0.25) is 0 Å². The summed E-state index contributed by atoms with van der Waals surface area (Å²) < 4.78 is 5.50. The van der Waals surface area contributed by atoms with Gasteiger partial charge >= 0.3 is 6.09 Å². The molecule has 15 heteroatoms. The normalized spacial score (nSPS) is 19.2. The second-order valence-corrected chi connectivity index (χ2v) is 19.7. The van der Waals surface area contributed by atoms with Gasteiger partial charge in [0.15, 0.2) is 5.78 Å². The van der Waals surface area contributed by atoms with E-state index < -0.39 is 23.2 Å². The molecule has 15 nitrogen and oxygen atoms in total. The third kappa shape index (κ3) is 9.02. The molecule has 2 atom stereocenters. The van der Waals surface area contributed by atoms with Crippen molar-refractivity contribution < 1.29 is 23.9 Å². The molecule has 2 aliphatic heterocycles. The summed E-state index contributed by atoms with van der Waals surface area (Å²) in [5.41, 5.74) is 12.3. The molecule has 2 saturated heterocycles. The minimum atomic E-state index is -0.790. The number of nitrogens with two attached hydrogens (primary N) is 1. The SMILES string of the molecule is CCc1cc2c(cc1N1CCN(C(=O)CCCN3C[C@H](NC(=O)[C@H](CCCc4nccnc4N)NC(=O)OC(C)(C)C)C4(CC4)C3)CC1)C(C)(C)c1[nH]c3cc(C#N)ccc3c1C2=O. The highest BCUT2D eigenvalue weighted by molar-refractivity contribution is 6.20. The van der Waals surface area contributed by atoms with Crippen molar-refractivity contribution in [2.24, 2.45) is 5.41 Å². The Labute approximate surface area is 375 Å². The summed E-state index contributed by atoms with van der Waals surface area (Å²) in [5, 5.41) is 16.4. The Hall–Kier alpha value is -6.01. The van der Waals surface area contributed by atoms with Crippen molar-refractivity contribution in [3.63, 3.8) is 0 Å². The molecule has 2 aromatic heterocycles. The predicted octanol–water partition coefficient (Wildman–Crippen LogP) is 5.77. The van der Waals surface area contributed by atoms with Crippen molar-refractivity contribution in [2.75, 3.05) is 56.4 Å². The van der Waals surface area contributed by atoms with Gasteiger partial charge in [0.1, 0.15) is 17.5 Å². The monoisotopic (exact) mass is 870 g/mol. The van der Waals surface area contributed by atoms with Gasteiger partial charge in [0, 0.05) is 103 Å². The van der Waals surface area contributed by atoms with Gasteiger partial charge in [-0.1, -0.05) is 26.8 Å². The molecule has 2 aromatic carbocycles. The zero-order valence-corrected chi connectivity index (χ0v) is 38.1. The summed E-state index contributed by atoms with van der Waals surface area (Å²) in [6.07, 6.45) is 7.97. The lowest BCUT2D eigenvalue weighted by atomic mass is 9.70. The quantitative estimate of drug-likeness (QED) is 0.127. The van der Waals surface area contributed by atoms with Crippen LogP contribution in [0.3, 0.4) is 0 Å². The van der Waals surface area contributed by atoms with Gasteiger partial charge < -0.3 is 40.8 Å². The number of carbonyl (C=O) groups is 4. The number of aryl methyl sites for hydroxylation is 2. The number of amides is 3. The highest BCUT2D eigenvalue weighted by atomic mass is 16.6. The van der Waals surface area contributed by atoms with Crippen LogP contribution in [-0.2, 0) is 32.6 Å². The fourth-order valence-corrected chi connectivity index (χ4v) is 10.1. The van der Waals surface area contributed by atoms with E-state index >= 15 is 0 Å². The van der Waals surface area contributed by atoms with Gasteiger partial charge in [-0.2, -0.15) is 5.26 Å². The van der Waals surface area contributed by atoms with Crippen LogP contribution in [0.15, 0.2) is 42.7 Å². The largest absolute Gasteiger partial charge is 0.444 e. The number of ketones is 1.